The van der Waals surface area contributed by atoms with Crippen LogP contribution in [0.4, 0.5) is 0 Å². The van der Waals surface area contributed by atoms with E-state index in [1.807, 2.05) is 36.9 Å². The fraction of sp³-hybridized carbons (Fsp3) is 0.286. The Morgan fingerprint density at radius 2 is 2.40 bits per heavy atom. The summed E-state index contributed by atoms with van der Waals surface area (Å²) in [6.45, 7) is 2.69. The van der Waals surface area contributed by atoms with Gasteiger partial charge in [-0.1, -0.05) is 0 Å². The normalized spacial score (nSPS) is 12.7. The molecule has 1 unspecified atom stereocenters. The Morgan fingerprint density at radius 1 is 1.50 bits per heavy atom. The topological polar surface area (TPSA) is 55.9 Å². The Hall–Kier alpha value is -1.92. The fourth-order valence-corrected chi connectivity index (χ4v) is 2.74. The summed E-state index contributed by atoms with van der Waals surface area (Å²) in [5.41, 5.74) is 1.04. The molecule has 0 aliphatic rings. The monoisotopic (exact) mass is 288 g/mol. The second-order valence-corrected chi connectivity index (χ2v) is 5.65. The first-order valence-electron chi connectivity index (χ1n) is 6.39. The van der Waals surface area contributed by atoms with Crippen LogP contribution in [0.15, 0.2) is 40.6 Å². The molecule has 0 saturated heterocycles. The molecule has 3 rings (SSSR count). The van der Waals surface area contributed by atoms with Crippen molar-refractivity contribution in [1.82, 2.24) is 19.9 Å². The average molecular weight is 288 g/mol. The molecule has 1 N–H and O–H groups in total. The van der Waals surface area contributed by atoms with Gasteiger partial charge >= 0.3 is 0 Å². The molecule has 3 heterocycles. The largest absolute Gasteiger partial charge is 0.467 e. The lowest BCUT2D eigenvalue weighted by Crippen LogP contribution is -2.24. The minimum absolute atomic E-state index is 0.0768. The number of rotatable bonds is 5. The second kappa shape index (κ2) is 5.60. The minimum Gasteiger partial charge on any atom is -0.467 e. The fourth-order valence-electron chi connectivity index (χ4n) is 2.13. The molecule has 0 fully saturated rings. The van der Waals surface area contributed by atoms with E-state index in [4.69, 9.17) is 4.42 Å². The van der Waals surface area contributed by atoms with Gasteiger partial charge in [-0.15, -0.1) is 11.3 Å². The smallest absolute Gasteiger partial charge is 0.133 e. The maximum atomic E-state index is 5.53. The van der Waals surface area contributed by atoms with Crippen molar-refractivity contribution in [3.63, 3.8) is 0 Å². The molecule has 20 heavy (non-hydrogen) atoms. The molecule has 3 aromatic heterocycles. The van der Waals surface area contributed by atoms with Crippen molar-refractivity contribution in [3.8, 4) is 0 Å². The zero-order chi connectivity index (χ0) is 13.9. The highest BCUT2D eigenvalue weighted by molar-refractivity contribution is 7.09. The standard InChI is InChI=1S/C14H16N4OS/c1-10-17-11(9-20-10)8-16-13(12-4-3-7-19-12)14-15-5-6-18(14)2/h3-7,9,13,16H,8H2,1-2H3. The van der Waals surface area contributed by atoms with E-state index in [1.165, 1.54) is 0 Å². The number of imidazole rings is 1. The van der Waals surface area contributed by atoms with E-state index in [-0.39, 0.29) is 6.04 Å². The summed E-state index contributed by atoms with van der Waals surface area (Å²) in [4.78, 5) is 8.88. The highest BCUT2D eigenvalue weighted by Gasteiger charge is 2.20. The molecule has 0 saturated carbocycles. The Bertz CT molecular complexity index is 671. The Kier molecular flexibility index (Phi) is 3.66. The third-order valence-corrected chi connectivity index (χ3v) is 3.92. The van der Waals surface area contributed by atoms with Crippen molar-refractivity contribution >= 4 is 11.3 Å². The van der Waals surface area contributed by atoms with Crippen LogP contribution >= 0.6 is 11.3 Å². The van der Waals surface area contributed by atoms with Gasteiger partial charge in [0.2, 0.25) is 0 Å². The van der Waals surface area contributed by atoms with Gasteiger partial charge in [-0.25, -0.2) is 9.97 Å². The molecule has 0 bridgehead atoms. The Morgan fingerprint density at radius 3 is 3.00 bits per heavy atom. The van der Waals surface area contributed by atoms with Crippen LogP contribution < -0.4 is 5.32 Å². The highest BCUT2D eigenvalue weighted by atomic mass is 32.1. The third-order valence-electron chi connectivity index (χ3n) is 3.10. The maximum absolute atomic E-state index is 5.53. The molecule has 0 aromatic carbocycles. The molecule has 0 radical (unpaired) electrons. The number of hydrogen-bond acceptors (Lipinski definition) is 5. The van der Waals surface area contributed by atoms with Crippen LogP contribution in [-0.4, -0.2) is 14.5 Å². The van der Waals surface area contributed by atoms with Crippen LogP contribution in [0.2, 0.25) is 0 Å². The molecule has 6 heteroatoms. The zero-order valence-electron chi connectivity index (χ0n) is 11.4. The lowest BCUT2D eigenvalue weighted by Gasteiger charge is -2.15. The third kappa shape index (κ3) is 2.66. The number of nitrogens with one attached hydrogen (secondary N) is 1. The molecule has 1 atom stereocenters. The average Bonchev–Trinajstić information content (AvgIpc) is 3.14. The van der Waals surface area contributed by atoms with Gasteiger partial charge in [0.25, 0.3) is 0 Å². The second-order valence-electron chi connectivity index (χ2n) is 4.58. The van der Waals surface area contributed by atoms with E-state index >= 15 is 0 Å². The minimum atomic E-state index is -0.0768. The maximum Gasteiger partial charge on any atom is 0.133 e. The molecular formula is C14H16N4OS. The van der Waals surface area contributed by atoms with Gasteiger partial charge in [0.15, 0.2) is 0 Å². The van der Waals surface area contributed by atoms with Crippen molar-refractivity contribution in [2.75, 3.05) is 0 Å². The summed E-state index contributed by atoms with van der Waals surface area (Å²) in [7, 11) is 1.98. The predicted octanol–water partition coefficient (Wildman–Crippen LogP) is 2.66. The van der Waals surface area contributed by atoms with Crippen LogP contribution in [0.3, 0.4) is 0 Å². The molecule has 3 aromatic rings. The van der Waals surface area contributed by atoms with E-state index < -0.39 is 0 Å². The lowest BCUT2D eigenvalue weighted by molar-refractivity contribution is 0.428. The van der Waals surface area contributed by atoms with Crippen molar-refractivity contribution in [3.05, 3.63) is 58.5 Å². The summed E-state index contributed by atoms with van der Waals surface area (Å²) >= 11 is 1.66. The first kappa shape index (κ1) is 13.1. The van der Waals surface area contributed by atoms with Gasteiger partial charge in [-0.2, -0.15) is 0 Å². The van der Waals surface area contributed by atoms with E-state index in [2.05, 4.69) is 20.7 Å². The number of aryl methyl sites for hydroxylation is 2. The Balaban J connectivity index is 1.81. The van der Waals surface area contributed by atoms with Gasteiger partial charge in [0.1, 0.15) is 17.6 Å². The molecule has 0 aliphatic heterocycles. The first-order valence-corrected chi connectivity index (χ1v) is 7.27. The quantitative estimate of drug-likeness (QED) is 0.784. The van der Waals surface area contributed by atoms with Crippen molar-refractivity contribution in [2.45, 2.75) is 19.5 Å². The van der Waals surface area contributed by atoms with Crippen LogP contribution in [0.5, 0.6) is 0 Å². The summed E-state index contributed by atoms with van der Waals surface area (Å²) in [5, 5.41) is 6.61. The molecular weight excluding hydrogens is 272 g/mol. The molecule has 0 spiro atoms. The van der Waals surface area contributed by atoms with Gasteiger partial charge in [-0.05, 0) is 19.1 Å². The van der Waals surface area contributed by atoms with Crippen molar-refractivity contribution in [1.29, 1.82) is 0 Å². The summed E-state index contributed by atoms with van der Waals surface area (Å²) in [5.74, 6) is 1.78. The van der Waals surface area contributed by atoms with Gasteiger partial charge in [0.05, 0.1) is 17.0 Å². The molecule has 104 valence electrons. The summed E-state index contributed by atoms with van der Waals surface area (Å²) in [6.07, 6.45) is 5.40. The summed E-state index contributed by atoms with van der Waals surface area (Å²) in [6, 6.07) is 3.77. The van der Waals surface area contributed by atoms with Crippen LogP contribution in [0, 0.1) is 6.92 Å². The SMILES string of the molecule is Cc1nc(CNC(c2ccco2)c2nccn2C)cs1. The van der Waals surface area contributed by atoms with E-state index in [1.54, 1.807) is 23.8 Å². The number of thiazole rings is 1. The predicted molar refractivity (Wildman–Crippen MR) is 77.4 cm³/mol. The number of furan rings is 1. The van der Waals surface area contributed by atoms with Crippen LogP contribution in [0.1, 0.15) is 28.3 Å². The number of aromatic nitrogens is 3. The molecule has 0 amide bonds. The van der Waals surface area contributed by atoms with Crippen molar-refractivity contribution in [2.24, 2.45) is 7.05 Å². The van der Waals surface area contributed by atoms with Crippen molar-refractivity contribution < 1.29 is 4.42 Å². The summed E-state index contributed by atoms with van der Waals surface area (Å²) < 4.78 is 7.53. The van der Waals surface area contributed by atoms with Gasteiger partial charge in [-0.3, -0.25) is 5.32 Å². The van der Waals surface area contributed by atoms with E-state index in [9.17, 15) is 0 Å². The Labute approximate surface area is 121 Å². The van der Waals surface area contributed by atoms with Gasteiger partial charge < -0.3 is 8.98 Å². The number of nitrogens with zero attached hydrogens (tertiary/aromatic N) is 3. The van der Waals surface area contributed by atoms with E-state index in [0.29, 0.717) is 6.54 Å². The van der Waals surface area contributed by atoms with E-state index in [0.717, 1.165) is 22.3 Å². The highest BCUT2D eigenvalue weighted by Crippen LogP contribution is 2.21. The zero-order valence-corrected chi connectivity index (χ0v) is 12.2. The van der Waals surface area contributed by atoms with Gasteiger partial charge in [0, 0.05) is 31.4 Å². The van der Waals surface area contributed by atoms with Crippen LogP contribution in [-0.2, 0) is 13.6 Å². The number of hydrogen-bond donors (Lipinski definition) is 1. The molecule has 5 nitrogen and oxygen atoms in total. The first-order chi connectivity index (χ1) is 9.74. The lowest BCUT2D eigenvalue weighted by atomic mass is 10.2. The van der Waals surface area contributed by atoms with Crippen LogP contribution in [0.25, 0.3) is 0 Å². The molecule has 0 aliphatic carbocycles.